The van der Waals surface area contributed by atoms with Crippen LogP contribution in [0, 0.1) is 0 Å². The largest absolute Gasteiger partial charge is 0.292 e. The third kappa shape index (κ3) is 5.27. The van der Waals surface area contributed by atoms with Crippen LogP contribution in [0.2, 0.25) is 0 Å². The van der Waals surface area contributed by atoms with E-state index in [1.807, 2.05) is 23.5 Å². The zero-order chi connectivity index (χ0) is 40.7. The molecule has 3 heterocycles. The van der Waals surface area contributed by atoms with E-state index in [1.165, 1.54) is 41.7 Å². The van der Waals surface area contributed by atoms with Crippen LogP contribution in [-0.2, 0) is 0 Å². The van der Waals surface area contributed by atoms with Crippen LogP contribution >= 0.6 is 11.3 Å². The van der Waals surface area contributed by atoms with E-state index in [9.17, 15) is 0 Å². The molecule has 0 amide bonds. The predicted octanol–water partition coefficient (Wildman–Crippen LogP) is 14.9. The first-order valence-electron chi connectivity index (χ1n) is 20.8. The van der Waals surface area contributed by atoms with E-state index in [-0.39, 0.29) is 0 Å². The summed E-state index contributed by atoms with van der Waals surface area (Å²) >= 11 is 1.84. The summed E-state index contributed by atoms with van der Waals surface area (Å²) in [5.74, 6) is 2.64. The van der Waals surface area contributed by atoms with Gasteiger partial charge in [-0.25, -0.2) is 19.9 Å². The van der Waals surface area contributed by atoms with Crippen molar-refractivity contribution in [1.82, 2.24) is 24.5 Å². The Morgan fingerprint density at radius 2 is 0.871 bits per heavy atom. The van der Waals surface area contributed by atoms with Crippen LogP contribution in [-0.4, -0.2) is 24.5 Å². The molecule has 0 aliphatic carbocycles. The Morgan fingerprint density at radius 1 is 0.355 bits per heavy atom. The maximum atomic E-state index is 5.51. The summed E-state index contributed by atoms with van der Waals surface area (Å²) in [4.78, 5) is 21.9. The van der Waals surface area contributed by atoms with Gasteiger partial charge in [0.15, 0.2) is 17.5 Å². The van der Waals surface area contributed by atoms with E-state index >= 15 is 0 Å². The number of hydrogen-bond acceptors (Lipinski definition) is 5. The number of rotatable bonds is 5. The quantitative estimate of drug-likeness (QED) is 0.163. The van der Waals surface area contributed by atoms with Crippen LogP contribution in [0.5, 0.6) is 0 Å². The number of para-hydroxylation sites is 2. The van der Waals surface area contributed by atoms with Gasteiger partial charge in [0.2, 0.25) is 0 Å². The van der Waals surface area contributed by atoms with Gasteiger partial charge in [0.1, 0.15) is 11.3 Å². The average molecular weight is 808 g/mol. The van der Waals surface area contributed by atoms with E-state index < -0.39 is 0 Å². The lowest BCUT2D eigenvalue weighted by atomic mass is 9.91. The molecule has 0 fully saturated rings. The lowest BCUT2D eigenvalue weighted by Crippen LogP contribution is -2.02. The molecule has 0 aliphatic rings. The maximum Gasteiger partial charge on any atom is 0.166 e. The van der Waals surface area contributed by atoms with Crippen molar-refractivity contribution < 1.29 is 0 Å². The zero-order valence-corrected chi connectivity index (χ0v) is 34.0. The highest BCUT2D eigenvalue weighted by molar-refractivity contribution is 7.26. The topological polar surface area (TPSA) is 56.5 Å². The van der Waals surface area contributed by atoms with Gasteiger partial charge in [0, 0.05) is 58.9 Å². The predicted molar refractivity (Wildman–Crippen MR) is 259 cm³/mol. The minimum absolute atomic E-state index is 0.564. The fourth-order valence-corrected chi connectivity index (χ4v) is 10.7. The van der Waals surface area contributed by atoms with Crippen molar-refractivity contribution in [1.29, 1.82) is 0 Å². The summed E-state index contributed by atoms with van der Waals surface area (Å²) < 4.78 is 4.76. The van der Waals surface area contributed by atoms with Crippen LogP contribution in [0.15, 0.2) is 200 Å². The molecule has 0 saturated carbocycles. The molecule has 0 radical (unpaired) electrons. The molecule has 6 heteroatoms. The maximum absolute atomic E-state index is 5.51. The normalized spacial score (nSPS) is 11.9. The molecule has 0 spiro atoms. The summed E-state index contributed by atoms with van der Waals surface area (Å²) in [6, 6.07) is 70.7. The minimum atomic E-state index is 0.564. The summed E-state index contributed by atoms with van der Waals surface area (Å²) in [6.07, 6.45) is 0. The molecule has 3 aromatic heterocycles. The van der Waals surface area contributed by atoms with Gasteiger partial charge in [0.25, 0.3) is 0 Å². The van der Waals surface area contributed by atoms with Crippen LogP contribution in [0.1, 0.15) is 0 Å². The molecule has 13 aromatic rings. The van der Waals surface area contributed by atoms with Crippen molar-refractivity contribution in [2.24, 2.45) is 0 Å². The van der Waals surface area contributed by atoms with Gasteiger partial charge in [-0.15, -0.1) is 11.3 Å². The lowest BCUT2D eigenvalue weighted by molar-refractivity contribution is 1.08. The van der Waals surface area contributed by atoms with Crippen LogP contribution in [0.4, 0.5) is 0 Å². The van der Waals surface area contributed by atoms with Gasteiger partial charge in [0.05, 0.1) is 5.52 Å². The summed E-state index contributed by atoms with van der Waals surface area (Å²) in [5, 5.41) is 11.8. The highest BCUT2D eigenvalue weighted by Gasteiger charge is 2.23. The Bertz CT molecular complexity index is 3880. The third-order valence-electron chi connectivity index (χ3n) is 12.2. The molecule has 10 aromatic carbocycles. The van der Waals surface area contributed by atoms with Gasteiger partial charge in [-0.2, -0.15) is 0 Å². The Kier molecular flexibility index (Phi) is 7.71. The fourth-order valence-electron chi connectivity index (χ4n) is 9.51. The molecule has 0 aliphatic heterocycles. The average Bonchev–Trinajstić information content (AvgIpc) is 3.93. The number of nitrogens with zero attached hydrogens (tertiary/aromatic N) is 5. The molecule has 13 rings (SSSR count). The number of benzene rings is 10. The highest BCUT2D eigenvalue weighted by atomic mass is 32.1. The molecule has 0 N–H and O–H groups in total. The van der Waals surface area contributed by atoms with E-state index in [4.69, 9.17) is 19.9 Å². The van der Waals surface area contributed by atoms with Crippen LogP contribution < -0.4 is 0 Å². The lowest BCUT2D eigenvalue weighted by Gasteiger charge is -2.15. The van der Waals surface area contributed by atoms with Crippen molar-refractivity contribution >= 4 is 85.6 Å². The fraction of sp³-hybridized carbons (Fsp3) is 0. The van der Waals surface area contributed by atoms with Gasteiger partial charge in [-0.1, -0.05) is 164 Å². The van der Waals surface area contributed by atoms with E-state index in [0.29, 0.717) is 17.5 Å². The monoisotopic (exact) mass is 807 g/mol. The molecule has 288 valence electrons. The van der Waals surface area contributed by atoms with Gasteiger partial charge in [-0.3, -0.25) is 4.57 Å². The number of thiophene rings is 1. The molecule has 0 bridgehead atoms. The van der Waals surface area contributed by atoms with Crippen molar-refractivity contribution in [3.8, 4) is 51.2 Å². The van der Waals surface area contributed by atoms with Crippen molar-refractivity contribution in [2.75, 3.05) is 0 Å². The van der Waals surface area contributed by atoms with E-state index in [0.717, 1.165) is 66.3 Å². The summed E-state index contributed by atoms with van der Waals surface area (Å²) in [7, 11) is 0. The van der Waals surface area contributed by atoms with Gasteiger partial charge < -0.3 is 0 Å². The number of imidazole rings is 1. The molecular weight excluding hydrogens is 775 g/mol. The molecule has 0 unspecified atom stereocenters. The zero-order valence-electron chi connectivity index (χ0n) is 33.2. The summed E-state index contributed by atoms with van der Waals surface area (Å²) in [5.41, 5.74) is 6.58. The van der Waals surface area contributed by atoms with Crippen molar-refractivity contribution in [3.05, 3.63) is 200 Å². The SMILES string of the molecule is c1ccc(-c2nc3c(-c4nc(-c5cc6c7ccccc7sc6c6ccccc56)nc(-c5cccc6c7ccccc7c7ccccc7c56)n4)cccc3n2-c2ccccc2)cc1. The highest BCUT2D eigenvalue weighted by Crippen LogP contribution is 2.44. The first-order chi connectivity index (χ1) is 30.8. The second kappa shape index (κ2) is 13.7. The van der Waals surface area contributed by atoms with Crippen LogP contribution in [0.25, 0.3) is 126 Å². The molecule has 62 heavy (non-hydrogen) atoms. The van der Waals surface area contributed by atoms with Gasteiger partial charge >= 0.3 is 0 Å². The second-order valence-corrected chi connectivity index (χ2v) is 16.8. The van der Waals surface area contributed by atoms with Gasteiger partial charge in [-0.05, 0) is 68.7 Å². The standard InChI is InChI=1S/C56H33N5S/c1-3-17-34(18-4-1)56-57-51-45(30-16-31-48(51)61(56)35-19-5-2-6-20-35)54-58-53(44-29-15-28-42-38-22-8-7-21-36(38)37-23-9-11-26-41(37)50(42)44)59-55(60-54)47-33-46-40-25-13-14-32-49(40)62-52(46)43-27-12-10-24-39(43)47/h1-33H. The van der Waals surface area contributed by atoms with Crippen LogP contribution in [0.3, 0.4) is 0 Å². The number of aromatic nitrogens is 5. The number of hydrogen-bond donors (Lipinski definition) is 0. The first-order valence-corrected chi connectivity index (χ1v) is 21.6. The molecule has 0 atom stereocenters. The molecular formula is C56H33N5S. The Balaban J connectivity index is 1.15. The minimum Gasteiger partial charge on any atom is -0.292 e. The molecule has 0 saturated heterocycles. The smallest absolute Gasteiger partial charge is 0.166 e. The third-order valence-corrected chi connectivity index (χ3v) is 13.5. The molecule has 5 nitrogen and oxygen atoms in total. The Morgan fingerprint density at radius 3 is 1.60 bits per heavy atom. The second-order valence-electron chi connectivity index (χ2n) is 15.7. The Hall–Kier alpha value is -8.06. The first kappa shape index (κ1) is 34.8. The van der Waals surface area contributed by atoms with Crippen molar-refractivity contribution in [2.45, 2.75) is 0 Å². The van der Waals surface area contributed by atoms with Crippen molar-refractivity contribution in [3.63, 3.8) is 0 Å². The van der Waals surface area contributed by atoms with E-state index in [2.05, 4.69) is 193 Å². The Labute approximate surface area is 359 Å². The summed E-state index contributed by atoms with van der Waals surface area (Å²) in [6.45, 7) is 0. The van der Waals surface area contributed by atoms with E-state index in [1.54, 1.807) is 0 Å². The number of fused-ring (bicyclic) bond motifs is 12.